The molecule has 0 radical (unpaired) electrons. The molecular formula is C29H29ClN2O3. The minimum Gasteiger partial charge on any atom is -0.348 e. The Hall–Kier alpha value is -3.28. The summed E-state index contributed by atoms with van der Waals surface area (Å²) < 4.78 is 0. The van der Waals surface area contributed by atoms with E-state index in [-0.39, 0.29) is 29.9 Å². The molecule has 0 N–H and O–H groups in total. The molecule has 0 saturated carbocycles. The van der Waals surface area contributed by atoms with Crippen LogP contribution in [0.1, 0.15) is 32.2 Å². The van der Waals surface area contributed by atoms with Gasteiger partial charge in [0.05, 0.1) is 6.54 Å². The van der Waals surface area contributed by atoms with Gasteiger partial charge in [-0.1, -0.05) is 84.4 Å². The summed E-state index contributed by atoms with van der Waals surface area (Å²) >= 11 is 6.35. The Morgan fingerprint density at radius 1 is 0.800 bits per heavy atom. The number of benzene rings is 3. The van der Waals surface area contributed by atoms with Crippen molar-refractivity contribution >= 4 is 29.1 Å². The molecule has 2 unspecified atom stereocenters. The smallest absolute Gasteiger partial charge is 0.236 e. The van der Waals surface area contributed by atoms with Crippen molar-refractivity contribution in [2.45, 2.75) is 5.92 Å². The van der Waals surface area contributed by atoms with Crippen LogP contribution in [0.15, 0.2) is 84.9 Å². The quantitative estimate of drug-likeness (QED) is 0.447. The molecule has 1 heterocycles. The lowest BCUT2D eigenvalue weighted by Gasteiger charge is -2.43. The van der Waals surface area contributed by atoms with Crippen LogP contribution in [-0.4, -0.2) is 61.0 Å². The van der Waals surface area contributed by atoms with Gasteiger partial charge in [0, 0.05) is 61.1 Å². The fourth-order valence-corrected chi connectivity index (χ4v) is 5.10. The standard InChI is InChI=1S/C29H29ClN2O3/c1-31(2)26(33)19-32-17-24(28(34)20-10-5-3-6-11-20)27(22-14-9-15-23(30)16-22)25(18-32)29(35)21-12-7-4-8-13-21/h3-16,24-25,27H,17-19H2,1-2H3. The van der Waals surface area contributed by atoms with E-state index in [0.717, 1.165) is 5.56 Å². The molecule has 3 aromatic carbocycles. The van der Waals surface area contributed by atoms with Crippen LogP contribution in [0.25, 0.3) is 0 Å². The number of Topliss-reactive ketones (excluding diaryl/α,β-unsaturated/α-hetero) is 2. The number of ketones is 2. The molecule has 0 aliphatic carbocycles. The molecule has 1 aliphatic heterocycles. The number of carbonyl (C=O) groups is 3. The highest BCUT2D eigenvalue weighted by molar-refractivity contribution is 6.30. The number of likely N-dealkylation sites (N-methyl/N-ethyl adjacent to an activating group) is 1. The number of hydrogen-bond acceptors (Lipinski definition) is 4. The average Bonchev–Trinajstić information content (AvgIpc) is 2.88. The van der Waals surface area contributed by atoms with Crippen LogP contribution in [0, 0.1) is 11.8 Å². The molecule has 1 amide bonds. The lowest BCUT2D eigenvalue weighted by Crippen LogP contribution is -2.52. The zero-order chi connectivity index (χ0) is 24.9. The van der Waals surface area contributed by atoms with Gasteiger partial charge in [-0.15, -0.1) is 0 Å². The molecule has 0 bridgehead atoms. The zero-order valence-corrected chi connectivity index (χ0v) is 20.7. The lowest BCUT2D eigenvalue weighted by molar-refractivity contribution is -0.130. The first kappa shape index (κ1) is 24.8. The maximum absolute atomic E-state index is 13.9. The number of likely N-dealkylation sites (tertiary alicyclic amines) is 1. The lowest BCUT2D eigenvalue weighted by atomic mass is 9.68. The zero-order valence-electron chi connectivity index (χ0n) is 19.9. The Labute approximate surface area is 211 Å². The Kier molecular flexibility index (Phi) is 7.79. The highest BCUT2D eigenvalue weighted by atomic mass is 35.5. The van der Waals surface area contributed by atoms with Crippen molar-refractivity contribution in [3.05, 3.63) is 107 Å². The molecule has 6 heteroatoms. The number of halogens is 1. The molecule has 3 aromatic rings. The number of rotatable bonds is 7. The highest BCUT2D eigenvalue weighted by Crippen LogP contribution is 2.41. The molecule has 0 aromatic heterocycles. The second-order valence-corrected chi connectivity index (χ2v) is 9.67. The molecule has 2 atom stereocenters. The summed E-state index contributed by atoms with van der Waals surface area (Å²) in [7, 11) is 3.42. The Bertz CT molecular complexity index is 1140. The van der Waals surface area contributed by atoms with Gasteiger partial charge < -0.3 is 4.90 Å². The van der Waals surface area contributed by atoms with Crippen LogP contribution in [0.4, 0.5) is 0 Å². The summed E-state index contributed by atoms with van der Waals surface area (Å²) in [6, 6.07) is 25.7. The summed E-state index contributed by atoms with van der Waals surface area (Å²) in [5, 5.41) is 0.560. The first-order valence-electron chi connectivity index (χ1n) is 11.7. The maximum atomic E-state index is 13.9. The number of nitrogens with zero attached hydrogens (tertiary/aromatic N) is 2. The summed E-state index contributed by atoms with van der Waals surface area (Å²) in [5.41, 5.74) is 2.05. The number of hydrogen-bond donors (Lipinski definition) is 0. The van der Waals surface area contributed by atoms with E-state index in [0.29, 0.717) is 29.2 Å². The first-order chi connectivity index (χ1) is 16.8. The molecule has 180 valence electrons. The van der Waals surface area contributed by atoms with Gasteiger partial charge in [-0.2, -0.15) is 0 Å². The first-order valence-corrected chi connectivity index (χ1v) is 12.1. The van der Waals surface area contributed by atoms with Crippen LogP contribution in [0.2, 0.25) is 5.02 Å². The van der Waals surface area contributed by atoms with Crippen molar-refractivity contribution in [1.82, 2.24) is 9.80 Å². The van der Waals surface area contributed by atoms with Crippen molar-refractivity contribution in [2.24, 2.45) is 11.8 Å². The monoisotopic (exact) mass is 488 g/mol. The summed E-state index contributed by atoms with van der Waals surface area (Å²) in [6.45, 7) is 0.901. The van der Waals surface area contributed by atoms with Crippen LogP contribution in [-0.2, 0) is 4.79 Å². The Balaban J connectivity index is 1.81. The summed E-state index contributed by atoms with van der Waals surface area (Å²) in [5.74, 6) is -1.55. The largest absolute Gasteiger partial charge is 0.348 e. The predicted octanol–water partition coefficient (Wildman–Crippen LogP) is 4.83. The van der Waals surface area contributed by atoms with Crippen LogP contribution in [0.3, 0.4) is 0 Å². The summed E-state index contributed by atoms with van der Waals surface area (Å²) in [4.78, 5) is 43.8. The highest BCUT2D eigenvalue weighted by Gasteiger charge is 2.45. The molecule has 35 heavy (non-hydrogen) atoms. The fraction of sp³-hybridized carbons (Fsp3) is 0.276. The van der Waals surface area contributed by atoms with E-state index >= 15 is 0 Å². The average molecular weight is 489 g/mol. The van der Waals surface area contributed by atoms with Gasteiger partial charge in [-0.3, -0.25) is 19.3 Å². The van der Waals surface area contributed by atoms with E-state index in [9.17, 15) is 14.4 Å². The fourth-order valence-electron chi connectivity index (χ4n) is 4.90. The van der Waals surface area contributed by atoms with Gasteiger partial charge in [-0.25, -0.2) is 0 Å². The van der Waals surface area contributed by atoms with Crippen molar-refractivity contribution in [1.29, 1.82) is 0 Å². The maximum Gasteiger partial charge on any atom is 0.236 e. The second-order valence-electron chi connectivity index (χ2n) is 9.24. The SMILES string of the molecule is CN(C)C(=O)CN1CC(C(=O)c2ccccc2)C(c2cccc(Cl)c2)C(C(=O)c2ccccc2)C1. The van der Waals surface area contributed by atoms with Gasteiger partial charge in [0.25, 0.3) is 0 Å². The third kappa shape index (κ3) is 5.69. The third-order valence-electron chi connectivity index (χ3n) is 6.66. The van der Waals surface area contributed by atoms with Gasteiger partial charge in [0.1, 0.15) is 0 Å². The van der Waals surface area contributed by atoms with E-state index in [1.165, 1.54) is 4.90 Å². The van der Waals surface area contributed by atoms with E-state index in [1.54, 1.807) is 44.4 Å². The van der Waals surface area contributed by atoms with Crippen molar-refractivity contribution < 1.29 is 14.4 Å². The molecule has 1 fully saturated rings. The van der Waals surface area contributed by atoms with Gasteiger partial charge in [0.15, 0.2) is 11.6 Å². The topological polar surface area (TPSA) is 57.7 Å². The molecule has 4 rings (SSSR count). The Morgan fingerprint density at radius 3 is 1.77 bits per heavy atom. The predicted molar refractivity (Wildman–Crippen MR) is 138 cm³/mol. The van der Waals surface area contributed by atoms with Crippen molar-refractivity contribution in [3.63, 3.8) is 0 Å². The molecule has 1 saturated heterocycles. The number of piperidine rings is 1. The van der Waals surface area contributed by atoms with E-state index in [2.05, 4.69) is 0 Å². The second kappa shape index (κ2) is 11.0. The minimum absolute atomic E-state index is 0.0385. The van der Waals surface area contributed by atoms with E-state index < -0.39 is 11.8 Å². The van der Waals surface area contributed by atoms with Crippen LogP contribution in [0.5, 0.6) is 0 Å². The van der Waals surface area contributed by atoms with E-state index in [1.807, 2.05) is 59.5 Å². The van der Waals surface area contributed by atoms with Crippen molar-refractivity contribution in [2.75, 3.05) is 33.7 Å². The Morgan fingerprint density at radius 2 is 1.31 bits per heavy atom. The molecule has 5 nitrogen and oxygen atoms in total. The normalized spacial score (nSPS) is 20.3. The molecule has 1 aliphatic rings. The molecular weight excluding hydrogens is 460 g/mol. The van der Waals surface area contributed by atoms with Crippen molar-refractivity contribution in [3.8, 4) is 0 Å². The molecule has 0 spiro atoms. The number of carbonyl (C=O) groups excluding carboxylic acids is 3. The minimum atomic E-state index is -0.516. The van der Waals surface area contributed by atoms with Gasteiger partial charge in [-0.05, 0) is 17.7 Å². The van der Waals surface area contributed by atoms with Gasteiger partial charge >= 0.3 is 0 Å². The number of amides is 1. The van der Waals surface area contributed by atoms with E-state index in [4.69, 9.17) is 11.6 Å². The summed E-state index contributed by atoms with van der Waals surface area (Å²) in [6.07, 6.45) is 0. The third-order valence-corrected chi connectivity index (χ3v) is 6.89. The van der Waals surface area contributed by atoms with Crippen LogP contribution >= 0.6 is 11.6 Å². The van der Waals surface area contributed by atoms with Crippen LogP contribution < -0.4 is 0 Å². The van der Waals surface area contributed by atoms with Gasteiger partial charge in [0.2, 0.25) is 5.91 Å².